The Balaban J connectivity index is 1.40. The molecule has 1 atom stereocenters. The fraction of sp³-hybridized carbons (Fsp3) is 0.714. The van der Waals surface area contributed by atoms with Gasteiger partial charge >= 0.3 is 5.97 Å². The normalized spacial score (nSPS) is 18.3. The van der Waals surface area contributed by atoms with E-state index in [9.17, 15) is 4.79 Å². The first kappa shape index (κ1) is 26.6. The Hall–Kier alpha value is -2.48. The standard InChI is InChI=1S/C28H43N5O3/c1-28(2,3)35-25(34)16-21(13-9-12-20-10-7-6-8-11-20)27-30-26(31-36-27)22-14-15-24(29-17-22)33-18-23(19-33)32(4)5/h14-15,17,20-21,23H,6-13,16,18-19H2,1-5H3/t21-/m1/s1. The molecule has 2 aromatic rings. The quantitative estimate of drug-likeness (QED) is 0.401. The number of anilines is 1. The van der Waals surface area contributed by atoms with E-state index in [1.165, 1.54) is 38.5 Å². The monoisotopic (exact) mass is 497 g/mol. The van der Waals surface area contributed by atoms with Gasteiger partial charge in [0.05, 0.1) is 6.42 Å². The third-order valence-electron chi connectivity index (χ3n) is 7.44. The molecule has 1 aliphatic heterocycles. The Kier molecular flexibility index (Phi) is 8.65. The largest absolute Gasteiger partial charge is 0.460 e. The van der Waals surface area contributed by atoms with Gasteiger partial charge in [-0.2, -0.15) is 4.98 Å². The van der Waals surface area contributed by atoms with E-state index in [1.807, 2.05) is 32.9 Å². The van der Waals surface area contributed by atoms with Gasteiger partial charge in [-0.05, 0) is 59.3 Å². The van der Waals surface area contributed by atoms with Crippen molar-refractivity contribution in [3.63, 3.8) is 0 Å². The van der Waals surface area contributed by atoms with E-state index < -0.39 is 5.60 Å². The van der Waals surface area contributed by atoms with Crippen LogP contribution in [0.5, 0.6) is 0 Å². The molecular formula is C28H43N5O3. The maximum absolute atomic E-state index is 12.7. The number of ether oxygens (including phenoxy) is 1. The molecule has 36 heavy (non-hydrogen) atoms. The Labute approximate surface area is 215 Å². The van der Waals surface area contributed by atoms with Gasteiger partial charge in [0.25, 0.3) is 0 Å². The van der Waals surface area contributed by atoms with Gasteiger partial charge < -0.3 is 19.1 Å². The van der Waals surface area contributed by atoms with Crippen LogP contribution in [0.15, 0.2) is 22.9 Å². The zero-order chi connectivity index (χ0) is 25.7. The summed E-state index contributed by atoms with van der Waals surface area (Å²) in [6.45, 7) is 7.65. The van der Waals surface area contributed by atoms with Gasteiger partial charge in [-0.3, -0.25) is 4.79 Å². The number of aromatic nitrogens is 3. The molecule has 1 saturated carbocycles. The van der Waals surface area contributed by atoms with E-state index in [2.05, 4.69) is 34.0 Å². The highest BCUT2D eigenvalue weighted by Crippen LogP contribution is 2.32. The number of hydrogen-bond acceptors (Lipinski definition) is 8. The van der Waals surface area contributed by atoms with Crippen LogP contribution in [0.25, 0.3) is 11.4 Å². The fourth-order valence-corrected chi connectivity index (χ4v) is 5.22. The first-order chi connectivity index (χ1) is 17.2. The molecule has 0 radical (unpaired) electrons. The van der Waals surface area contributed by atoms with Crippen molar-refractivity contribution in [2.45, 2.75) is 96.1 Å². The van der Waals surface area contributed by atoms with Crippen molar-refractivity contribution in [3.8, 4) is 11.4 Å². The lowest BCUT2D eigenvalue weighted by atomic mass is 9.84. The molecule has 1 aliphatic carbocycles. The zero-order valence-electron chi connectivity index (χ0n) is 22.7. The number of esters is 1. The molecule has 2 aromatic heterocycles. The second kappa shape index (κ2) is 11.7. The second-order valence-corrected chi connectivity index (χ2v) is 11.8. The lowest BCUT2D eigenvalue weighted by molar-refractivity contribution is -0.155. The van der Waals surface area contributed by atoms with E-state index >= 15 is 0 Å². The third-order valence-corrected chi connectivity index (χ3v) is 7.44. The molecule has 0 amide bonds. The molecule has 2 fully saturated rings. The maximum atomic E-state index is 12.7. The van der Waals surface area contributed by atoms with Crippen LogP contribution in [0.3, 0.4) is 0 Å². The predicted molar refractivity (Wildman–Crippen MR) is 141 cm³/mol. The number of carbonyl (C=O) groups excluding carboxylic acids is 1. The molecule has 0 unspecified atom stereocenters. The minimum Gasteiger partial charge on any atom is -0.460 e. The summed E-state index contributed by atoms with van der Waals surface area (Å²) in [6, 6.07) is 4.58. The molecule has 198 valence electrons. The molecule has 4 rings (SSSR count). The number of hydrogen-bond donors (Lipinski definition) is 0. The van der Waals surface area contributed by atoms with Gasteiger partial charge in [-0.25, -0.2) is 4.98 Å². The number of rotatable bonds is 10. The van der Waals surface area contributed by atoms with E-state index in [0.717, 1.165) is 43.2 Å². The van der Waals surface area contributed by atoms with Crippen LogP contribution in [0, 0.1) is 5.92 Å². The van der Waals surface area contributed by atoms with Crippen LogP contribution >= 0.6 is 0 Å². The lowest BCUT2D eigenvalue weighted by Gasteiger charge is -2.43. The first-order valence-electron chi connectivity index (χ1n) is 13.6. The summed E-state index contributed by atoms with van der Waals surface area (Å²) in [4.78, 5) is 26.5. The molecule has 0 bridgehead atoms. The van der Waals surface area contributed by atoms with Gasteiger partial charge in [-0.1, -0.05) is 50.1 Å². The van der Waals surface area contributed by atoms with Crippen LogP contribution < -0.4 is 4.90 Å². The Morgan fingerprint density at radius 3 is 2.58 bits per heavy atom. The van der Waals surface area contributed by atoms with Crippen LogP contribution in [0.2, 0.25) is 0 Å². The number of carbonyl (C=O) groups is 1. The number of nitrogens with zero attached hydrogens (tertiary/aromatic N) is 5. The van der Waals surface area contributed by atoms with Crippen LogP contribution in [0.4, 0.5) is 5.82 Å². The first-order valence-corrected chi connectivity index (χ1v) is 13.6. The number of pyridine rings is 1. The molecule has 0 aromatic carbocycles. The minimum absolute atomic E-state index is 0.138. The molecule has 0 N–H and O–H groups in total. The highest BCUT2D eigenvalue weighted by atomic mass is 16.6. The van der Waals surface area contributed by atoms with Crippen LogP contribution in [-0.2, 0) is 9.53 Å². The fourth-order valence-electron chi connectivity index (χ4n) is 5.22. The number of likely N-dealkylation sites (N-methyl/N-ethyl adjacent to an activating group) is 1. The Morgan fingerprint density at radius 1 is 1.19 bits per heavy atom. The molecule has 2 aliphatic rings. The summed E-state index contributed by atoms with van der Waals surface area (Å²) >= 11 is 0. The van der Waals surface area contributed by atoms with E-state index in [4.69, 9.17) is 14.2 Å². The van der Waals surface area contributed by atoms with E-state index in [1.54, 1.807) is 6.20 Å². The third kappa shape index (κ3) is 7.28. The minimum atomic E-state index is -0.514. The van der Waals surface area contributed by atoms with Crippen molar-refractivity contribution >= 4 is 11.8 Å². The highest BCUT2D eigenvalue weighted by molar-refractivity contribution is 5.70. The molecule has 8 nitrogen and oxygen atoms in total. The predicted octanol–water partition coefficient (Wildman–Crippen LogP) is 5.45. The topological polar surface area (TPSA) is 84.6 Å². The Morgan fingerprint density at radius 2 is 1.94 bits per heavy atom. The molecule has 1 saturated heterocycles. The van der Waals surface area contributed by atoms with Gasteiger partial charge in [-0.15, -0.1) is 0 Å². The average Bonchev–Trinajstić information content (AvgIpc) is 3.27. The van der Waals surface area contributed by atoms with Crippen LogP contribution in [-0.4, -0.2) is 64.8 Å². The van der Waals surface area contributed by atoms with Crippen molar-refractivity contribution in [3.05, 3.63) is 24.2 Å². The van der Waals surface area contributed by atoms with Crippen molar-refractivity contribution in [1.82, 2.24) is 20.0 Å². The Bertz CT molecular complexity index is 970. The zero-order valence-corrected chi connectivity index (χ0v) is 22.7. The molecular weight excluding hydrogens is 454 g/mol. The molecule has 8 heteroatoms. The summed E-state index contributed by atoms with van der Waals surface area (Å²) in [5, 5.41) is 4.23. The van der Waals surface area contributed by atoms with E-state index in [0.29, 0.717) is 17.8 Å². The summed E-state index contributed by atoms with van der Waals surface area (Å²) in [5.74, 6) is 2.44. The summed E-state index contributed by atoms with van der Waals surface area (Å²) < 4.78 is 11.3. The maximum Gasteiger partial charge on any atom is 0.307 e. The van der Waals surface area contributed by atoms with Crippen molar-refractivity contribution in [2.75, 3.05) is 32.1 Å². The van der Waals surface area contributed by atoms with Gasteiger partial charge in [0, 0.05) is 36.8 Å². The summed E-state index contributed by atoms with van der Waals surface area (Å²) in [6.07, 6.45) is 11.9. The van der Waals surface area contributed by atoms with Crippen LogP contribution in [0.1, 0.15) is 90.4 Å². The lowest BCUT2D eigenvalue weighted by Crippen LogP contribution is -2.57. The molecule has 0 spiro atoms. The van der Waals surface area contributed by atoms with Crippen molar-refractivity contribution < 1.29 is 14.1 Å². The van der Waals surface area contributed by atoms with Gasteiger partial charge in [0.15, 0.2) is 0 Å². The van der Waals surface area contributed by atoms with Crippen molar-refractivity contribution in [1.29, 1.82) is 0 Å². The average molecular weight is 498 g/mol. The SMILES string of the molecule is CN(C)C1CN(c2ccc(-c3noc([C@H](CCCC4CCCCC4)CC(=O)OC(C)(C)C)n3)cn2)C1. The van der Waals surface area contributed by atoms with Gasteiger partial charge in [0.2, 0.25) is 11.7 Å². The van der Waals surface area contributed by atoms with Crippen molar-refractivity contribution in [2.24, 2.45) is 5.92 Å². The van der Waals surface area contributed by atoms with Gasteiger partial charge in [0.1, 0.15) is 11.4 Å². The summed E-state index contributed by atoms with van der Waals surface area (Å²) in [7, 11) is 4.22. The molecule has 3 heterocycles. The summed E-state index contributed by atoms with van der Waals surface area (Å²) in [5.41, 5.74) is 0.303. The highest BCUT2D eigenvalue weighted by Gasteiger charge is 2.30. The smallest absolute Gasteiger partial charge is 0.307 e. The second-order valence-electron chi connectivity index (χ2n) is 11.8. The van der Waals surface area contributed by atoms with E-state index in [-0.39, 0.29) is 18.3 Å².